The Morgan fingerprint density at radius 1 is 0.900 bits per heavy atom. The molecule has 4 aromatic rings. The number of carboxylic acids is 1. The molecule has 1 aromatic heterocycles. The molecule has 0 aliphatic heterocycles. The number of carbonyl (C=O) groups is 2. The van der Waals surface area contributed by atoms with Gasteiger partial charge in [-0.05, 0) is 24.3 Å². The van der Waals surface area contributed by atoms with Gasteiger partial charge < -0.3 is 10.8 Å². The number of para-hydroxylation sites is 1. The standard InChI is InChI=1S/C23H15ClN2O3.Na/c24-14-10-17(23(28)29)21(18(25)11-14)22(27)16-12-20(13-6-2-1-3-7-13)26-19-9-5-4-8-15(16)19;/h1-12H,25H2,(H,28,29);. The molecule has 3 N–H and O–H groups in total. The molecule has 0 aliphatic carbocycles. The third kappa shape index (κ3) is 4.11. The molecule has 0 amide bonds. The van der Waals surface area contributed by atoms with Crippen molar-refractivity contribution in [3.05, 3.63) is 94.5 Å². The molecule has 0 fully saturated rings. The summed E-state index contributed by atoms with van der Waals surface area (Å²) in [4.78, 5) is 29.9. The molecule has 0 aliphatic rings. The minimum atomic E-state index is -1.27. The summed E-state index contributed by atoms with van der Waals surface area (Å²) < 4.78 is 0. The molecule has 143 valence electrons. The van der Waals surface area contributed by atoms with Gasteiger partial charge in [-0.3, -0.25) is 4.79 Å². The predicted octanol–water partition coefficient (Wildman–Crippen LogP) is 4.69. The third-order valence-corrected chi connectivity index (χ3v) is 4.84. The van der Waals surface area contributed by atoms with Crippen molar-refractivity contribution in [2.45, 2.75) is 0 Å². The van der Waals surface area contributed by atoms with Crippen molar-refractivity contribution in [1.29, 1.82) is 0 Å². The van der Waals surface area contributed by atoms with Crippen LogP contribution in [-0.2, 0) is 0 Å². The SMILES string of the molecule is Nc1cc(Cl)cc(C(=O)O)c1C(=O)c1cc(-c2ccccc2)nc2ccccc12.[Na]. The van der Waals surface area contributed by atoms with Crippen LogP contribution in [0.1, 0.15) is 26.3 Å². The van der Waals surface area contributed by atoms with E-state index in [0.717, 1.165) is 5.56 Å². The fourth-order valence-electron chi connectivity index (χ4n) is 3.30. The number of nitrogens with zero attached hydrogens (tertiary/aromatic N) is 1. The summed E-state index contributed by atoms with van der Waals surface area (Å²) in [5, 5.41) is 10.3. The second kappa shape index (κ2) is 8.98. The number of halogens is 1. The van der Waals surface area contributed by atoms with Gasteiger partial charge in [0.15, 0.2) is 5.78 Å². The molecule has 3 aromatic carbocycles. The van der Waals surface area contributed by atoms with Crippen molar-refractivity contribution in [2.75, 3.05) is 5.73 Å². The first-order valence-corrected chi connectivity index (χ1v) is 9.15. The number of ketones is 1. The van der Waals surface area contributed by atoms with Crippen LogP contribution in [0.25, 0.3) is 22.2 Å². The smallest absolute Gasteiger partial charge is 0.336 e. The zero-order chi connectivity index (χ0) is 20.5. The van der Waals surface area contributed by atoms with Crippen molar-refractivity contribution in [1.82, 2.24) is 4.98 Å². The minimum Gasteiger partial charge on any atom is -0.478 e. The van der Waals surface area contributed by atoms with Gasteiger partial charge in [-0.15, -0.1) is 0 Å². The predicted molar refractivity (Wildman–Crippen MR) is 119 cm³/mol. The second-order valence-corrected chi connectivity index (χ2v) is 6.93. The number of anilines is 1. The molecule has 0 spiro atoms. The van der Waals surface area contributed by atoms with Gasteiger partial charge >= 0.3 is 5.97 Å². The first-order valence-electron chi connectivity index (χ1n) is 8.78. The van der Waals surface area contributed by atoms with Crippen LogP contribution in [0, 0.1) is 0 Å². The Kier molecular flexibility index (Phi) is 6.58. The monoisotopic (exact) mass is 425 g/mol. The molecule has 0 saturated heterocycles. The first kappa shape index (κ1) is 22.0. The van der Waals surface area contributed by atoms with Crippen molar-refractivity contribution in [3.63, 3.8) is 0 Å². The Labute approximate surface area is 199 Å². The van der Waals surface area contributed by atoms with Gasteiger partial charge in [0, 0.05) is 56.8 Å². The molecule has 4 rings (SSSR count). The van der Waals surface area contributed by atoms with E-state index in [0.29, 0.717) is 22.2 Å². The number of aromatic nitrogens is 1. The summed E-state index contributed by atoms with van der Waals surface area (Å²) in [7, 11) is 0. The van der Waals surface area contributed by atoms with E-state index in [-0.39, 0.29) is 51.4 Å². The molecular formula is C23H15ClN2NaO3. The Balaban J connectivity index is 0.00000256. The van der Waals surface area contributed by atoms with Crippen molar-refractivity contribution in [2.24, 2.45) is 0 Å². The molecule has 5 nitrogen and oxygen atoms in total. The maximum atomic E-state index is 13.5. The van der Waals surface area contributed by atoms with Gasteiger partial charge in [0.25, 0.3) is 0 Å². The summed E-state index contributed by atoms with van der Waals surface area (Å²) >= 11 is 5.95. The maximum Gasteiger partial charge on any atom is 0.336 e. The van der Waals surface area contributed by atoms with E-state index in [2.05, 4.69) is 4.98 Å². The molecule has 0 bridgehead atoms. The molecule has 1 heterocycles. The van der Waals surface area contributed by atoms with E-state index in [4.69, 9.17) is 17.3 Å². The number of nitrogens with two attached hydrogens (primary N) is 1. The number of benzene rings is 3. The number of hydrogen-bond acceptors (Lipinski definition) is 4. The van der Waals surface area contributed by atoms with E-state index in [1.807, 2.05) is 42.5 Å². The average molecular weight is 426 g/mol. The Hall–Kier alpha value is -2.70. The van der Waals surface area contributed by atoms with E-state index < -0.39 is 11.8 Å². The van der Waals surface area contributed by atoms with Gasteiger partial charge in [-0.1, -0.05) is 60.1 Å². The normalized spacial score (nSPS) is 10.4. The van der Waals surface area contributed by atoms with E-state index in [1.54, 1.807) is 18.2 Å². The molecule has 7 heteroatoms. The van der Waals surface area contributed by atoms with Crippen molar-refractivity contribution >= 4 is 69.5 Å². The van der Waals surface area contributed by atoms with Crippen LogP contribution in [0.4, 0.5) is 5.69 Å². The molecule has 30 heavy (non-hydrogen) atoms. The summed E-state index contributed by atoms with van der Waals surface area (Å²) in [5.41, 5.74) is 8.11. The summed E-state index contributed by atoms with van der Waals surface area (Å²) in [6.45, 7) is 0. The van der Waals surface area contributed by atoms with Gasteiger partial charge in [0.05, 0.1) is 22.3 Å². The number of pyridine rings is 1. The number of aromatic carboxylic acids is 1. The van der Waals surface area contributed by atoms with Crippen LogP contribution in [0.15, 0.2) is 72.8 Å². The molecule has 1 radical (unpaired) electrons. The molecule has 0 saturated carbocycles. The summed E-state index contributed by atoms with van der Waals surface area (Å²) in [6.07, 6.45) is 0. The number of hydrogen-bond donors (Lipinski definition) is 2. The zero-order valence-corrected chi connectivity index (χ0v) is 18.9. The zero-order valence-electron chi connectivity index (χ0n) is 16.1. The van der Waals surface area contributed by atoms with Crippen molar-refractivity contribution < 1.29 is 14.7 Å². The van der Waals surface area contributed by atoms with Gasteiger partial charge in [-0.2, -0.15) is 0 Å². The third-order valence-electron chi connectivity index (χ3n) is 4.62. The quantitative estimate of drug-likeness (QED) is 0.281. The number of nitrogen functional groups attached to an aromatic ring is 1. The Morgan fingerprint density at radius 3 is 2.27 bits per heavy atom. The number of rotatable bonds is 4. The first-order chi connectivity index (χ1) is 14.0. The molecule has 0 atom stereocenters. The Bertz CT molecular complexity index is 1280. The Morgan fingerprint density at radius 2 is 1.57 bits per heavy atom. The van der Waals surface area contributed by atoms with Gasteiger partial charge in [-0.25, -0.2) is 9.78 Å². The minimum absolute atomic E-state index is 0. The van der Waals surface area contributed by atoms with Crippen LogP contribution in [0.5, 0.6) is 0 Å². The summed E-state index contributed by atoms with van der Waals surface area (Å²) in [5.74, 6) is -1.77. The van der Waals surface area contributed by atoms with Crippen molar-refractivity contribution in [3.8, 4) is 11.3 Å². The number of fused-ring (bicyclic) bond motifs is 1. The average Bonchev–Trinajstić information content (AvgIpc) is 2.72. The van der Waals surface area contributed by atoms with Crippen LogP contribution in [-0.4, -0.2) is 51.4 Å². The maximum absolute atomic E-state index is 13.5. The van der Waals surface area contributed by atoms with E-state index in [1.165, 1.54) is 12.1 Å². The van der Waals surface area contributed by atoms with Crippen LogP contribution in [0.3, 0.4) is 0 Å². The second-order valence-electron chi connectivity index (χ2n) is 6.49. The van der Waals surface area contributed by atoms with Crippen LogP contribution < -0.4 is 5.73 Å². The van der Waals surface area contributed by atoms with E-state index in [9.17, 15) is 14.7 Å². The van der Waals surface area contributed by atoms with Crippen LogP contribution in [0.2, 0.25) is 5.02 Å². The summed E-state index contributed by atoms with van der Waals surface area (Å²) in [6, 6.07) is 20.9. The molecule has 0 unspecified atom stereocenters. The van der Waals surface area contributed by atoms with Gasteiger partial charge in [0.2, 0.25) is 0 Å². The fourth-order valence-corrected chi connectivity index (χ4v) is 3.53. The van der Waals surface area contributed by atoms with Gasteiger partial charge in [0.1, 0.15) is 0 Å². The van der Waals surface area contributed by atoms with E-state index >= 15 is 0 Å². The number of carboxylic acid groups (broad SMARTS) is 1. The topological polar surface area (TPSA) is 93.3 Å². The van der Waals surface area contributed by atoms with Crippen LogP contribution >= 0.6 is 11.6 Å². The number of carbonyl (C=O) groups excluding carboxylic acids is 1. The largest absolute Gasteiger partial charge is 0.478 e. The molecular weight excluding hydrogens is 411 g/mol. The fraction of sp³-hybridized carbons (Fsp3) is 0.